The summed E-state index contributed by atoms with van der Waals surface area (Å²) in [5, 5.41) is 0.663. The van der Waals surface area contributed by atoms with Gasteiger partial charge in [0.25, 0.3) is 5.91 Å². The van der Waals surface area contributed by atoms with Crippen molar-refractivity contribution in [3.05, 3.63) is 29.3 Å². The van der Waals surface area contributed by atoms with Gasteiger partial charge in [0, 0.05) is 18.1 Å². The van der Waals surface area contributed by atoms with E-state index in [0.29, 0.717) is 16.8 Å². The number of rotatable bonds is 4. The second-order valence-electron chi connectivity index (χ2n) is 5.45. The van der Waals surface area contributed by atoms with Crippen molar-refractivity contribution in [2.24, 2.45) is 0 Å². The van der Waals surface area contributed by atoms with Crippen molar-refractivity contribution in [1.82, 2.24) is 4.90 Å². The van der Waals surface area contributed by atoms with Crippen LogP contribution in [0.25, 0.3) is 0 Å². The van der Waals surface area contributed by atoms with Crippen LogP contribution in [-0.2, 0) is 4.79 Å². The molecule has 0 aromatic heterocycles. The summed E-state index contributed by atoms with van der Waals surface area (Å²) in [5.41, 5.74) is 0. The predicted molar refractivity (Wildman–Crippen MR) is 81.2 cm³/mol. The summed E-state index contributed by atoms with van der Waals surface area (Å²) in [6.07, 6.45) is 5.47. The Hall–Kier alpha value is -1.22. The van der Waals surface area contributed by atoms with Crippen molar-refractivity contribution in [2.45, 2.75) is 51.2 Å². The second-order valence-corrected chi connectivity index (χ2v) is 5.89. The van der Waals surface area contributed by atoms with Crippen molar-refractivity contribution >= 4 is 17.5 Å². The summed E-state index contributed by atoms with van der Waals surface area (Å²) in [7, 11) is 1.89. The first-order chi connectivity index (χ1) is 9.58. The maximum atomic E-state index is 12.4. The van der Waals surface area contributed by atoms with E-state index in [0.717, 1.165) is 12.8 Å². The van der Waals surface area contributed by atoms with Gasteiger partial charge in [0.05, 0.1) is 0 Å². The molecule has 1 saturated carbocycles. The lowest BCUT2D eigenvalue weighted by Gasteiger charge is -2.32. The lowest BCUT2D eigenvalue weighted by atomic mass is 9.94. The molecule has 1 amide bonds. The zero-order valence-electron chi connectivity index (χ0n) is 12.1. The van der Waals surface area contributed by atoms with Gasteiger partial charge in [-0.2, -0.15) is 0 Å². The second kappa shape index (κ2) is 6.98. The van der Waals surface area contributed by atoms with E-state index in [1.165, 1.54) is 19.3 Å². The molecule has 1 aliphatic carbocycles. The van der Waals surface area contributed by atoms with Gasteiger partial charge in [-0.3, -0.25) is 4.79 Å². The molecule has 0 radical (unpaired) electrons. The first-order valence-electron chi connectivity index (χ1n) is 7.27. The number of hydrogen-bond acceptors (Lipinski definition) is 2. The maximum Gasteiger partial charge on any atom is 0.263 e. The largest absolute Gasteiger partial charge is 0.481 e. The van der Waals surface area contributed by atoms with E-state index >= 15 is 0 Å². The minimum absolute atomic E-state index is 0.0480. The van der Waals surface area contributed by atoms with E-state index in [1.807, 2.05) is 11.9 Å². The Morgan fingerprint density at radius 2 is 1.85 bits per heavy atom. The van der Waals surface area contributed by atoms with Crippen LogP contribution in [0.3, 0.4) is 0 Å². The molecule has 0 heterocycles. The highest BCUT2D eigenvalue weighted by Gasteiger charge is 2.26. The maximum absolute atomic E-state index is 12.4. The van der Waals surface area contributed by atoms with E-state index in [4.69, 9.17) is 16.3 Å². The highest BCUT2D eigenvalue weighted by molar-refractivity contribution is 6.30. The van der Waals surface area contributed by atoms with Crippen LogP contribution in [0.1, 0.15) is 39.0 Å². The topological polar surface area (TPSA) is 29.5 Å². The molecule has 0 aliphatic heterocycles. The molecule has 1 aromatic carbocycles. The standard InChI is InChI=1S/C16H22ClNO2/c1-12(20-15-10-8-13(17)9-11-15)16(19)18(2)14-6-4-3-5-7-14/h8-12,14H,3-7H2,1-2H3/t12-/m0/s1. The Bertz CT molecular complexity index is 440. The van der Waals surface area contributed by atoms with Crippen LogP contribution in [0.4, 0.5) is 0 Å². The third-order valence-corrected chi connectivity index (χ3v) is 4.20. The summed E-state index contributed by atoms with van der Waals surface area (Å²) in [4.78, 5) is 14.2. The molecule has 2 rings (SSSR count). The molecule has 0 saturated heterocycles. The SMILES string of the molecule is C[C@H](Oc1ccc(Cl)cc1)C(=O)N(C)C1CCCCC1. The van der Waals surface area contributed by atoms with E-state index in [2.05, 4.69) is 0 Å². The molecule has 0 N–H and O–H groups in total. The number of carbonyl (C=O) groups excluding carboxylic acids is 1. The fraction of sp³-hybridized carbons (Fsp3) is 0.562. The Balaban J connectivity index is 1.92. The number of likely N-dealkylation sites (N-methyl/N-ethyl adjacent to an activating group) is 1. The highest BCUT2D eigenvalue weighted by Crippen LogP contribution is 2.23. The van der Waals surface area contributed by atoms with E-state index < -0.39 is 6.10 Å². The fourth-order valence-electron chi connectivity index (χ4n) is 2.70. The normalized spacial score (nSPS) is 17.6. The molecule has 1 atom stereocenters. The van der Waals surface area contributed by atoms with E-state index in [-0.39, 0.29) is 5.91 Å². The van der Waals surface area contributed by atoms with Gasteiger partial charge in [0.2, 0.25) is 0 Å². The number of benzene rings is 1. The molecule has 1 aromatic rings. The van der Waals surface area contributed by atoms with Gasteiger partial charge in [-0.1, -0.05) is 30.9 Å². The van der Waals surface area contributed by atoms with Crippen LogP contribution in [0.5, 0.6) is 5.75 Å². The Morgan fingerprint density at radius 3 is 2.45 bits per heavy atom. The molecular weight excluding hydrogens is 274 g/mol. The quantitative estimate of drug-likeness (QED) is 0.843. The Kier molecular flexibility index (Phi) is 5.30. The first-order valence-corrected chi connectivity index (χ1v) is 7.64. The molecule has 1 aliphatic rings. The first kappa shape index (κ1) is 15.2. The van der Waals surface area contributed by atoms with Gasteiger partial charge in [-0.25, -0.2) is 0 Å². The van der Waals surface area contributed by atoms with Gasteiger partial charge in [0.15, 0.2) is 6.10 Å². The number of carbonyl (C=O) groups is 1. The van der Waals surface area contributed by atoms with Crippen molar-refractivity contribution in [1.29, 1.82) is 0 Å². The molecule has 3 nitrogen and oxygen atoms in total. The Morgan fingerprint density at radius 1 is 1.25 bits per heavy atom. The number of halogens is 1. The zero-order chi connectivity index (χ0) is 14.5. The van der Waals surface area contributed by atoms with Gasteiger partial charge in [0.1, 0.15) is 5.75 Å². The van der Waals surface area contributed by atoms with Crippen molar-refractivity contribution in [2.75, 3.05) is 7.05 Å². The molecule has 110 valence electrons. The molecular formula is C16H22ClNO2. The van der Waals surface area contributed by atoms with Crippen LogP contribution in [-0.4, -0.2) is 30.0 Å². The summed E-state index contributed by atoms with van der Waals surface area (Å²) >= 11 is 5.83. The number of ether oxygens (including phenoxy) is 1. The van der Waals surface area contributed by atoms with Crippen LogP contribution >= 0.6 is 11.6 Å². The third kappa shape index (κ3) is 3.89. The van der Waals surface area contributed by atoms with E-state index in [9.17, 15) is 4.79 Å². The molecule has 20 heavy (non-hydrogen) atoms. The minimum Gasteiger partial charge on any atom is -0.481 e. The molecule has 1 fully saturated rings. The minimum atomic E-state index is -0.469. The summed E-state index contributed by atoms with van der Waals surface area (Å²) in [6, 6.07) is 7.46. The summed E-state index contributed by atoms with van der Waals surface area (Å²) in [5.74, 6) is 0.721. The summed E-state index contributed by atoms with van der Waals surface area (Å²) < 4.78 is 5.69. The zero-order valence-corrected chi connectivity index (χ0v) is 12.9. The lowest BCUT2D eigenvalue weighted by Crippen LogP contribution is -2.44. The Labute approximate surface area is 125 Å². The van der Waals surface area contributed by atoms with Crippen molar-refractivity contribution in [3.63, 3.8) is 0 Å². The number of hydrogen-bond donors (Lipinski definition) is 0. The summed E-state index contributed by atoms with van der Waals surface area (Å²) in [6.45, 7) is 1.80. The average Bonchev–Trinajstić information content (AvgIpc) is 2.49. The third-order valence-electron chi connectivity index (χ3n) is 3.94. The van der Waals surface area contributed by atoms with E-state index in [1.54, 1.807) is 31.2 Å². The average molecular weight is 296 g/mol. The van der Waals surface area contributed by atoms with Gasteiger partial charge in [-0.15, -0.1) is 0 Å². The molecule has 0 unspecified atom stereocenters. The van der Waals surface area contributed by atoms with Crippen molar-refractivity contribution < 1.29 is 9.53 Å². The van der Waals surface area contributed by atoms with Crippen LogP contribution < -0.4 is 4.74 Å². The molecule has 0 spiro atoms. The predicted octanol–water partition coefficient (Wildman–Crippen LogP) is 3.90. The number of nitrogens with zero attached hydrogens (tertiary/aromatic N) is 1. The molecule has 0 bridgehead atoms. The smallest absolute Gasteiger partial charge is 0.263 e. The monoisotopic (exact) mass is 295 g/mol. The van der Waals surface area contributed by atoms with Crippen molar-refractivity contribution in [3.8, 4) is 5.75 Å². The van der Waals surface area contributed by atoms with Crippen LogP contribution in [0.2, 0.25) is 5.02 Å². The molecule has 4 heteroatoms. The van der Waals surface area contributed by atoms with Gasteiger partial charge in [-0.05, 0) is 44.0 Å². The van der Waals surface area contributed by atoms with Crippen LogP contribution in [0.15, 0.2) is 24.3 Å². The van der Waals surface area contributed by atoms with Gasteiger partial charge >= 0.3 is 0 Å². The highest BCUT2D eigenvalue weighted by atomic mass is 35.5. The lowest BCUT2D eigenvalue weighted by molar-refractivity contribution is -0.139. The van der Waals surface area contributed by atoms with Gasteiger partial charge < -0.3 is 9.64 Å². The fourth-order valence-corrected chi connectivity index (χ4v) is 2.83. The number of amides is 1. The van der Waals surface area contributed by atoms with Crippen LogP contribution in [0, 0.1) is 0 Å².